The molecule has 0 spiro atoms. The Hall–Kier alpha value is -1.18. The number of rotatable bonds is 3. The maximum Gasteiger partial charge on any atom is 0.200 e. The average Bonchev–Trinajstić information content (AvgIpc) is 2.78. The molecule has 1 nitrogen and oxygen atoms in total. The summed E-state index contributed by atoms with van der Waals surface area (Å²) >= 11 is 6.89. The van der Waals surface area contributed by atoms with E-state index in [0.717, 1.165) is 11.3 Å². The van der Waals surface area contributed by atoms with Crippen LogP contribution in [0.25, 0.3) is 0 Å². The number of benzene rings is 1. The average molecular weight is 342 g/mol. The van der Waals surface area contributed by atoms with Crippen LogP contribution in [0.2, 0.25) is 4.34 Å². The van der Waals surface area contributed by atoms with Gasteiger partial charge < -0.3 is 5.32 Å². The fourth-order valence-electron chi connectivity index (χ4n) is 1.93. The van der Waals surface area contributed by atoms with Crippen LogP contribution in [-0.2, 0) is 0 Å². The normalized spacial score (nSPS) is 12.8. The van der Waals surface area contributed by atoms with E-state index in [0.29, 0.717) is 14.8 Å². The van der Waals surface area contributed by atoms with Gasteiger partial charge >= 0.3 is 0 Å². The van der Waals surface area contributed by atoms with Gasteiger partial charge in [0, 0.05) is 4.88 Å². The molecule has 2 rings (SSSR count). The van der Waals surface area contributed by atoms with E-state index in [-0.39, 0.29) is 0 Å². The van der Waals surface area contributed by atoms with E-state index in [1.54, 1.807) is 6.92 Å². The van der Waals surface area contributed by atoms with Crippen molar-refractivity contribution in [2.45, 2.75) is 13.0 Å². The van der Waals surface area contributed by atoms with Crippen LogP contribution in [0.4, 0.5) is 22.0 Å². The van der Waals surface area contributed by atoms with Gasteiger partial charge in [-0.15, -0.1) is 11.3 Å². The van der Waals surface area contributed by atoms with Crippen molar-refractivity contribution in [3.8, 4) is 0 Å². The number of thiophene rings is 1. The lowest BCUT2D eigenvalue weighted by molar-refractivity contribution is 0.364. The summed E-state index contributed by atoms with van der Waals surface area (Å²) in [5.74, 6) is -9.82. The smallest absolute Gasteiger partial charge is 0.200 e. The van der Waals surface area contributed by atoms with E-state index >= 15 is 0 Å². The summed E-state index contributed by atoms with van der Waals surface area (Å²) in [6.45, 7) is 1.67. The summed E-state index contributed by atoms with van der Waals surface area (Å²) in [7, 11) is 1.35. The third kappa shape index (κ3) is 2.65. The molecule has 0 fully saturated rings. The fraction of sp³-hybridized carbons (Fsp3) is 0.231. The van der Waals surface area contributed by atoms with E-state index < -0.39 is 40.7 Å². The molecule has 0 saturated carbocycles. The van der Waals surface area contributed by atoms with Crippen molar-refractivity contribution in [2.75, 3.05) is 7.05 Å². The molecule has 1 heterocycles. The Kier molecular flexibility index (Phi) is 4.55. The molecule has 0 bridgehead atoms. The van der Waals surface area contributed by atoms with Gasteiger partial charge in [-0.05, 0) is 25.6 Å². The highest BCUT2D eigenvalue weighted by atomic mass is 35.5. The summed E-state index contributed by atoms with van der Waals surface area (Å²) in [5, 5.41) is 2.55. The Morgan fingerprint density at radius 3 is 1.86 bits per heavy atom. The minimum absolute atomic E-state index is 0.350. The summed E-state index contributed by atoms with van der Waals surface area (Å²) in [4.78, 5) is 0.350. The first kappa shape index (κ1) is 16.2. The molecule has 0 amide bonds. The molecule has 0 aliphatic heterocycles. The fourth-order valence-corrected chi connectivity index (χ4v) is 3.27. The summed E-state index contributed by atoms with van der Waals surface area (Å²) < 4.78 is 67.7. The van der Waals surface area contributed by atoms with Crippen LogP contribution in [0.5, 0.6) is 0 Å². The molecular weight excluding hydrogens is 333 g/mol. The van der Waals surface area contributed by atoms with E-state index in [2.05, 4.69) is 5.32 Å². The molecule has 1 unspecified atom stereocenters. The molecule has 8 heteroatoms. The zero-order valence-corrected chi connectivity index (χ0v) is 12.4. The van der Waals surface area contributed by atoms with Gasteiger partial charge in [0.05, 0.1) is 15.9 Å². The van der Waals surface area contributed by atoms with Gasteiger partial charge in [0.1, 0.15) is 0 Å². The zero-order valence-electron chi connectivity index (χ0n) is 10.8. The van der Waals surface area contributed by atoms with Gasteiger partial charge in [0.15, 0.2) is 23.3 Å². The van der Waals surface area contributed by atoms with Gasteiger partial charge in [-0.2, -0.15) is 0 Å². The first-order chi connectivity index (χ1) is 9.79. The highest BCUT2D eigenvalue weighted by Crippen LogP contribution is 2.37. The second-order valence-corrected chi connectivity index (χ2v) is 6.00. The SMILES string of the molecule is CNC(c1cc(C)c(Cl)s1)c1c(F)c(F)c(F)c(F)c1F. The van der Waals surface area contributed by atoms with Gasteiger partial charge in [0.25, 0.3) is 0 Å². The Bertz CT molecular complexity index is 652. The van der Waals surface area contributed by atoms with Crippen molar-refractivity contribution in [2.24, 2.45) is 0 Å². The molecule has 1 N–H and O–H groups in total. The Morgan fingerprint density at radius 1 is 1.00 bits per heavy atom. The zero-order chi connectivity index (χ0) is 15.9. The molecule has 1 atom stereocenters. The molecule has 0 saturated heterocycles. The third-order valence-electron chi connectivity index (χ3n) is 2.98. The topological polar surface area (TPSA) is 12.0 Å². The van der Waals surface area contributed by atoms with Gasteiger partial charge in [-0.1, -0.05) is 11.6 Å². The standard InChI is InChI=1S/C13H9ClF5NS/c1-4-3-5(21-13(4)14)12(20-2)6-7(15)9(17)11(19)10(18)8(6)16/h3,12,20H,1-2H3. The van der Waals surface area contributed by atoms with E-state index in [9.17, 15) is 22.0 Å². The Labute approximate surface area is 126 Å². The number of nitrogens with one attached hydrogen (secondary N) is 1. The molecule has 0 aliphatic carbocycles. The van der Waals surface area contributed by atoms with E-state index in [1.165, 1.54) is 13.1 Å². The lowest BCUT2D eigenvalue weighted by atomic mass is 10.0. The predicted octanol–water partition coefficient (Wildman–Crippen LogP) is 4.71. The van der Waals surface area contributed by atoms with Crippen molar-refractivity contribution in [3.05, 3.63) is 55.5 Å². The van der Waals surface area contributed by atoms with Crippen molar-refractivity contribution >= 4 is 22.9 Å². The number of halogens is 6. The van der Waals surface area contributed by atoms with Crippen molar-refractivity contribution in [1.82, 2.24) is 5.32 Å². The lowest BCUT2D eigenvalue weighted by Crippen LogP contribution is -2.22. The van der Waals surface area contributed by atoms with Crippen molar-refractivity contribution < 1.29 is 22.0 Å². The highest BCUT2D eigenvalue weighted by molar-refractivity contribution is 7.16. The van der Waals surface area contributed by atoms with Gasteiger partial charge in [-0.3, -0.25) is 0 Å². The molecule has 21 heavy (non-hydrogen) atoms. The first-order valence-electron chi connectivity index (χ1n) is 5.74. The van der Waals surface area contributed by atoms with Crippen LogP contribution in [0.15, 0.2) is 6.07 Å². The maximum atomic E-state index is 13.8. The van der Waals surface area contributed by atoms with Gasteiger partial charge in [0.2, 0.25) is 5.82 Å². The Morgan fingerprint density at radius 2 is 1.48 bits per heavy atom. The highest BCUT2D eigenvalue weighted by Gasteiger charge is 2.31. The first-order valence-corrected chi connectivity index (χ1v) is 6.93. The monoisotopic (exact) mass is 341 g/mol. The maximum absolute atomic E-state index is 13.8. The summed E-state index contributed by atoms with van der Waals surface area (Å²) in [6.07, 6.45) is 0. The Balaban J connectivity index is 2.68. The number of aryl methyl sites for hydroxylation is 1. The lowest BCUT2D eigenvalue weighted by Gasteiger charge is -2.17. The minimum Gasteiger partial charge on any atom is -0.308 e. The summed E-state index contributed by atoms with van der Waals surface area (Å²) in [5.41, 5.74) is -0.271. The quantitative estimate of drug-likeness (QED) is 0.484. The van der Waals surface area contributed by atoms with Crippen LogP contribution in [-0.4, -0.2) is 7.05 Å². The minimum atomic E-state index is -2.18. The largest absolute Gasteiger partial charge is 0.308 e. The van der Waals surface area contributed by atoms with Crippen molar-refractivity contribution in [3.63, 3.8) is 0 Å². The van der Waals surface area contributed by atoms with Gasteiger partial charge in [-0.25, -0.2) is 22.0 Å². The molecule has 2 aromatic rings. The molecule has 114 valence electrons. The van der Waals surface area contributed by atoms with Crippen LogP contribution in [0.3, 0.4) is 0 Å². The molecule has 0 aliphatic rings. The van der Waals surface area contributed by atoms with Crippen LogP contribution in [0, 0.1) is 36.0 Å². The van der Waals surface area contributed by atoms with E-state index in [1.807, 2.05) is 0 Å². The van der Waals surface area contributed by atoms with Crippen LogP contribution in [0.1, 0.15) is 22.0 Å². The van der Waals surface area contributed by atoms with E-state index in [4.69, 9.17) is 11.6 Å². The van der Waals surface area contributed by atoms with Crippen LogP contribution < -0.4 is 5.32 Å². The third-order valence-corrected chi connectivity index (χ3v) is 4.60. The molecule has 1 aromatic heterocycles. The number of hydrogen-bond donors (Lipinski definition) is 1. The predicted molar refractivity (Wildman–Crippen MR) is 71.2 cm³/mol. The summed E-state index contributed by atoms with van der Waals surface area (Å²) in [6, 6.07) is 0.345. The molecular formula is C13H9ClF5NS. The number of hydrogen-bond acceptors (Lipinski definition) is 2. The molecule has 1 aromatic carbocycles. The second-order valence-electron chi connectivity index (χ2n) is 4.31. The second kappa shape index (κ2) is 5.90. The molecule has 0 radical (unpaired) electrons. The van der Waals surface area contributed by atoms with Crippen molar-refractivity contribution in [1.29, 1.82) is 0 Å². The van der Waals surface area contributed by atoms with Crippen LogP contribution >= 0.6 is 22.9 Å².